The first-order valence-corrected chi connectivity index (χ1v) is 7.62. The van der Waals surface area contributed by atoms with Crippen LogP contribution in [-0.2, 0) is 0 Å². The second-order valence-corrected chi connectivity index (χ2v) is 5.96. The van der Waals surface area contributed by atoms with Crippen LogP contribution in [0, 0.1) is 13.8 Å². The predicted octanol–water partition coefficient (Wildman–Crippen LogP) is 5.31. The molecule has 2 N–H and O–H groups in total. The molecule has 3 rings (SSSR count). The van der Waals surface area contributed by atoms with E-state index < -0.39 is 5.91 Å². The molecule has 6 heteroatoms. The summed E-state index contributed by atoms with van der Waals surface area (Å²) in [5.74, 6) is 0.0642. The fourth-order valence-corrected chi connectivity index (χ4v) is 2.94. The third kappa shape index (κ3) is 2.64. The minimum Gasteiger partial charge on any atom is -0.506 e. The molecule has 0 bridgehead atoms. The number of rotatable bonds is 2. The van der Waals surface area contributed by atoms with Crippen molar-refractivity contribution in [3.05, 3.63) is 57.3 Å². The van der Waals surface area contributed by atoms with Gasteiger partial charge < -0.3 is 14.8 Å². The van der Waals surface area contributed by atoms with E-state index in [2.05, 4.69) is 5.32 Å². The van der Waals surface area contributed by atoms with Gasteiger partial charge >= 0.3 is 0 Å². The molecule has 1 aromatic heterocycles. The number of amides is 1. The van der Waals surface area contributed by atoms with Crippen molar-refractivity contribution in [3.8, 4) is 5.75 Å². The van der Waals surface area contributed by atoms with Crippen molar-refractivity contribution in [3.63, 3.8) is 0 Å². The van der Waals surface area contributed by atoms with Crippen molar-refractivity contribution >= 4 is 45.8 Å². The number of aryl methyl sites for hydroxylation is 2. The summed E-state index contributed by atoms with van der Waals surface area (Å²) in [6.07, 6.45) is 0. The summed E-state index contributed by atoms with van der Waals surface area (Å²) in [7, 11) is 0. The molecule has 0 fully saturated rings. The first-order valence-electron chi connectivity index (χ1n) is 6.87. The van der Waals surface area contributed by atoms with Crippen LogP contribution in [0.25, 0.3) is 11.0 Å². The highest BCUT2D eigenvalue weighted by Gasteiger charge is 2.20. The lowest BCUT2D eigenvalue weighted by Crippen LogP contribution is -2.13. The number of hydrogen-bond donors (Lipinski definition) is 2. The molecule has 3 aromatic rings. The quantitative estimate of drug-likeness (QED) is 0.658. The van der Waals surface area contributed by atoms with Gasteiger partial charge in [0.15, 0.2) is 5.58 Å². The Balaban J connectivity index is 2.05. The van der Waals surface area contributed by atoms with E-state index in [1.165, 1.54) is 12.1 Å². The number of phenolic OH excluding ortho intramolecular Hbond substituents is 1. The minimum atomic E-state index is -0.518. The largest absolute Gasteiger partial charge is 0.506 e. The van der Waals surface area contributed by atoms with Crippen LogP contribution in [0.1, 0.15) is 21.7 Å². The molecular weight excluding hydrogens is 337 g/mol. The third-order valence-corrected chi connectivity index (χ3v) is 4.45. The van der Waals surface area contributed by atoms with Crippen LogP contribution in [0.3, 0.4) is 0 Å². The smallest absolute Gasteiger partial charge is 0.258 e. The first-order chi connectivity index (χ1) is 10.9. The number of para-hydroxylation sites is 1. The maximum Gasteiger partial charge on any atom is 0.258 e. The Morgan fingerprint density at radius 2 is 1.91 bits per heavy atom. The van der Waals surface area contributed by atoms with E-state index in [0.29, 0.717) is 11.3 Å². The third-order valence-electron chi connectivity index (χ3n) is 3.75. The van der Waals surface area contributed by atoms with Gasteiger partial charge in [-0.3, -0.25) is 4.79 Å². The molecule has 23 heavy (non-hydrogen) atoms. The summed E-state index contributed by atoms with van der Waals surface area (Å²) < 4.78 is 5.72. The molecule has 0 radical (unpaired) electrons. The number of aromatic hydroxyl groups is 1. The van der Waals surface area contributed by atoms with Gasteiger partial charge in [-0.2, -0.15) is 0 Å². The zero-order chi connectivity index (χ0) is 16.7. The molecule has 118 valence electrons. The van der Waals surface area contributed by atoms with Crippen molar-refractivity contribution in [2.45, 2.75) is 13.8 Å². The van der Waals surface area contributed by atoms with Gasteiger partial charge in [0.25, 0.3) is 5.91 Å². The number of anilines is 1. The summed E-state index contributed by atoms with van der Waals surface area (Å²) >= 11 is 12.0. The molecule has 0 unspecified atom stereocenters. The van der Waals surface area contributed by atoms with Gasteiger partial charge in [-0.25, -0.2) is 0 Å². The van der Waals surface area contributed by atoms with Crippen molar-refractivity contribution in [2.24, 2.45) is 0 Å². The lowest BCUT2D eigenvalue weighted by Gasteiger charge is -2.10. The van der Waals surface area contributed by atoms with Crippen LogP contribution >= 0.6 is 23.2 Å². The topological polar surface area (TPSA) is 62.5 Å². The van der Waals surface area contributed by atoms with E-state index in [4.69, 9.17) is 27.6 Å². The van der Waals surface area contributed by atoms with Gasteiger partial charge in [-0.1, -0.05) is 35.3 Å². The van der Waals surface area contributed by atoms with E-state index in [-0.39, 0.29) is 21.4 Å². The molecular formula is C17H13Cl2NO3. The standard InChI is InChI=1S/C17H13Cl2NO3/c1-8-9(2)23-16-10(8)4-3-5-12(16)20-17(22)14-11(18)6-7-13(21)15(14)19/h3-7,21H,1-2H3,(H,20,22). The number of nitrogens with one attached hydrogen (secondary N) is 1. The highest BCUT2D eigenvalue weighted by Crippen LogP contribution is 2.34. The van der Waals surface area contributed by atoms with Crippen molar-refractivity contribution in [1.82, 2.24) is 0 Å². The van der Waals surface area contributed by atoms with Gasteiger partial charge in [0.2, 0.25) is 0 Å². The molecule has 1 heterocycles. The number of fused-ring (bicyclic) bond motifs is 1. The van der Waals surface area contributed by atoms with Crippen LogP contribution in [0.2, 0.25) is 10.0 Å². The molecule has 0 aliphatic heterocycles. The maximum atomic E-state index is 12.5. The van der Waals surface area contributed by atoms with E-state index in [0.717, 1.165) is 16.7 Å². The summed E-state index contributed by atoms with van der Waals surface area (Å²) in [5.41, 5.74) is 2.14. The summed E-state index contributed by atoms with van der Waals surface area (Å²) in [6, 6.07) is 8.23. The molecule has 4 nitrogen and oxygen atoms in total. The molecule has 2 aromatic carbocycles. The molecule has 0 aliphatic rings. The summed E-state index contributed by atoms with van der Waals surface area (Å²) in [6.45, 7) is 3.82. The van der Waals surface area contributed by atoms with Crippen molar-refractivity contribution < 1.29 is 14.3 Å². The maximum absolute atomic E-state index is 12.5. The fourth-order valence-electron chi connectivity index (χ4n) is 2.39. The minimum absolute atomic E-state index is 0.0188. The number of benzene rings is 2. The second kappa shape index (κ2) is 5.80. The van der Waals surface area contributed by atoms with Crippen LogP contribution in [0.5, 0.6) is 5.75 Å². The van der Waals surface area contributed by atoms with Crippen molar-refractivity contribution in [2.75, 3.05) is 5.32 Å². The Bertz CT molecular complexity index is 931. The summed E-state index contributed by atoms with van der Waals surface area (Å²) in [4.78, 5) is 12.5. The zero-order valence-electron chi connectivity index (χ0n) is 12.4. The van der Waals surface area contributed by atoms with Crippen LogP contribution < -0.4 is 5.32 Å². The first kappa shape index (κ1) is 15.7. The number of hydrogen-bond acceptors (Lipinski definition) is 3. The van der Waals surface area contributed by atoms with Crippen LogP contribution in [0.4, 0.5) is 5.69 Å². The average molecular weight is 350 g/mol. The van der Waals surface area contributed by atoms with Gasteiger partial charge in [0.05, 0.1) is 21.3 Å². The van der Waals surface area contributed by atoms with E-state index in [1.807, 2.05) is 26.0 Å². The Kier molecular flexibility index (Phi) is 3.96. The Morgan fingerprint density at radius 3 is 2.65 bits per heavy atom. The van der Waals surface area contributed by atoms with Gasteiger partial charge in [-0.15, -0.1) is 0 Å². The van der Waals surface area contributed by atoms with Gasteiger partial charge in [-0.05, 0) is 37.6 Å². The second-order valence-electron chi connectivity index (χ2n) is 5.18. The lowest BCUT2D eigenvalue weighted by molar-refractivity contribution is 0.102. The Hall–Kier alpha value is -2.17. The van der Waals surface area contributed by atoms with E-state index in [1.54, 1.807) is 6.07 Å². The van der Waals surface area contributed by atoms with E-state index in [9.17, 15) is 9.90 Å². The molecule has 0 saturated heterocycles. The number of furan rings is 1. The monoisotopic (exact) mass is 349 g/mol. The predicted molar refractivity (Wildman–Crippen MR) is 91.8 cm³/mol. The van der Waals surface area contributed by atoms with Crippen molar-refractivity contribution in [1.29, 1.82) is 0 Å². The molecule has 0 atom stereocenters. The SMILES string of the molecule is Cc1oc2c(NC(=O)c3c(Cl)ccc(O)c3Cl)cccc2c1C. The summed E-state index contributed by atoms with van der Waals surface area (Å²) in [5, 5.41) is 13.4. The highest BCUT2D eigenvalue weighted by atomic mass is 35.5. The number of phenols is 1. The van der Waals surface area contributed by atoms with Gasteiger partial charge in [0.1, 0.15) is 11.5 Å². The Morgan fingerprint density at radius 1 is 1.17 bits per heavy atom. The normalized spacial score (nSPS) is 11.0. The van der Waals surface area contributed by atoms with Crippen LogP contribution in [0.15, 0.2) is 34.7 Å². The fraction of sp³-hybridized carbons (Fsp3) is 0.118. The highest BCUT2D eigenvalue weighted by molar-refractivity contribution is 6.41. The zero-order valence-corrected chi connectivity index (χ0v) is 13.9. The number of carbonyl (C=O) groups excluding carboxylic acids is 1. The van der Waals surface area contributed by atoms with Crippen LogP contribution in [-0.4, -0.2) is 11.0 Å². The molecule has 1 amide bonds. The average Bonchev–Trinajstić information content (AvgIpc) is 2.80. The lowest BCUT2D eigenvalue weighted by atomic mass is 10.1. The Labute approximate surface area is 142 Å². The van der Waals surface area contributed by atoms with Gasteiger partial charge in [0, 0.05) is 5.39 Å². The molecule has 0 spiro atoms. The number of halogens is 2. The molecule has 0 saturated carbocycles. The molecule has 0 aliphatic carbocycles. The number of carbonyl (C=O) groups is 1. The van der Waals surface area contributed by atoms with E-state index >= 15 is 0 Å².